The van der Waals surface area contributed by atoms with Gasteiger partial charge in [-0.15, -0.1) is 0 Å². The van der Waals surface area contributed by atoms with Gasteiger partial charge >= 0.3 is 0 Å². The third-order valence-electron chi connectivity index (χ3n) is 3.42. The van der Waals surface area contributed by atoms with Crippen molar-refractivity contribution in [2.45, 2.75) is 32.6 Å². The standard InChI is InChI=1S/C18H21NO3/c1-13(16-8-4-3-5-9-16)19-18(21)14(2)22-17-10-6-7-15(11-17)12-20/h3-11,13-14,20H,12H2,1-2H3,(H,19,21). The summed E-state index contributed by atoms with van der Waals surface area (Å²) in [5, 5.41) is 12.0. The summed E-state index contributed by atoms with van der Waals surface area (Å²) in [6.07, 6.45) is -0.611. The van der Waals surface area contributed by atoms with Crippen LogP contribution in [0.4, 0.5) is 0 Å². The highest BCUT2D eigenvalue weighted by Gasteiger charge is 2.17. The lowest BCUT2D eigenvalue weighted by Crippen LogP contribution is -2.37. The van der Waals surface area contributed by atoms with Gasteiger partial charge in [-0.25, -0.2) is 0 Å². The molecule has 0 aliphatic heterocycles. The van der Waals surface area contributed by atoms with Crippen molar-refractivity contribution in [2.75, 3.05) is 0 Å². The number of hydrogen-bond acceptors (Lipinski definition) is 3. The first-order valence-corrected chi connectivity index (χ1v) is 7.32. The minimum absolute atomic E-state index is 0.0528. The van der Waals surface area contributed by atoms with Gasteiger partial charge in [-0.2, -0.15) is 0 Å². The molecular formula is C18H21NO3. The van der Waals surface area contributed by atoms with Crippen molar-refractivity contribution in [3.05, 3.63) is 65.7 Å². The molecule has 0 aromatic heterocycles. The molecule has 0 spiro atoms. The highest BCUT2D eigenvalue weighted by atomic mass is 16.5. The molecule has 2 rings (SSSR count). The first-order chi connectivity index (χ1) is 10.6. The average Bonchev–Trinajstić information content (AvgIpc) is 2.55. The number of rotatable bonds is 6. The maximum absolute atomic E-state index is 12.2. The van der Waals surface area contributed by atoms with Gasteiger partial charge in [0, 0.05) is 0 Å². The fraction of sp³-hybridized carbons (Fsp3) is 0.278. The van der Waals surface area contributed by atoms with E-state index < -0.39 is 6.10 Å². The van der Waals surface area contributed by atoms with Crippen LogP contribution >= 0.6 is 0 Å². The Balaban J connectivity index is 1.94. The Morgan fingerprint density at radius 1 is 1.14 bits per heavy atom. The quantitative estimate of drug-likeness (QED) is 0.862. The number of benzene rings is 2. The van der Waals surface area contributed by atoms with Crippen LogP contribution in [0.2, 0.25) is 0 Å². The van der Waals surface area contributed by atoms with E-state index in [-0.39, 0.29) is 18.6 Å². The highest BCUT2D eigenvalue weighted by Crippen LogP contribution is 2.16. The molecule has 1 amide bonds. The molecule has 0 saturated carbocycles. The van der Waals surface area contributed by atoms with Gasteiger partial charge < -0.3 is 15.2 Å². The van der Waals surface area contributed by atoms with Crippen LogP contribution in [0.1, 0.15) is 31.0 Å². The lowest BCUT2D eigenvalue weighted by molar-refractivity contribution is -0.127. The predicted octanol–water partition coefficient (Wildman–Crippen LogP) is 2.82. The van der Waals surface area contributed by atoms with Crippen LogP contribution in [0.25, 0.3) is 0 Å². The van der Waals surface area contributed by atoms with Crippen LogP contribution in [-0.2, 0) is 11.4 Å². The smallest absolute Gasteiger partial charge is 0.261 e. The molecule has 0 radical (unpaired) electrons. The topological polar surface area (TPSA) is 58.6 Å². The molecule has 2 atom stereocenters. The molecule has 0 aliphatic carbocycles. The zero-order valence-electron chi connectivity index (χ0n) is 12.8. The monoisotopic (exact) mass is 299 g/mol. The van der Waals surface area contributed by atoms with Crippen molar-refractivity contribution in [3.8, 4) is 5.75 Å². The minimum atomic E-state index is -0.611. The van der Waals surface area contributed by atoms with Gasteiger partial charge in [-0.05, 0) is 37.1 Å². The number of ether oxygens (including phenoxy) is 1. The Labute approximate surface area is 130 Å². The molecule has 4 nitrogen and oxygen atoms in total. The van der Waals surface area contributed by atoms with E-state index in [0.29, 0.717) is 5.75 Å². The van der Waals surface area contributed by atoms with Gasteiger partial charge in [0.1, 0.15) is 5.75 Å². The van der Waals surface area contributed by atoms with E-state index in [1.54, 1.807) is 31.2 Å². The van der Waals surface area contributed by atoms with Crippen molar-refractivity contribution in [3.63, 3.8) is 0 Å². The van der Waals surface area contributed by atoms with E-state index in [4.69, 9.17) is 9.84 Å². The maximum atomic E-state index is 12.2. The van der Waals surface area contributed by atoms with Gasteiger partial charge in [-0.1, -0.05) is 42.5 Å². The fourth-order valence-electron chi connectivity index (χ4n) is 2.13. The second-order valence-corrected chi connectivity index (χ2v) is 5.21. The van der Waals surface area contributed by atoms with Gasteiger partial charge in [0.25, 0.3) is 5.91 Å². The molecule has 0 saturated heterocycles. The van der Waals surface area contributed by atoms with Crippen LogP contribution in [-0.4, -0.2) is 17.1 Å². The van der Waals surface area contributed by atoms with Gasteiger partial charge in [0.2, 0.25) is 0 Å². The highest BCUT2D eigenvalue weighted by molar-refractivity contribution is 5.81. The van der Waals surface area contributed by atoms with Crippen molar-refractivity contribution in [1.29, 1.82) is 0 Å². The molecule has 2 N–H and O–H groups in total. The van der Waals surface area contributed by atoms with Gasteiger partial charge in [-0.3, -0.25) is 4.79 Å². The number of hydrogen-bond donors (Lipinski definition) is 2. The summed E-state index contributed by atoms with van der Waals surface area (Å²) in [6, 6.07) is 16.8. The zero-order valence-corrected chi connectivity index (χ0v) is 12.8. The lowest BCUT2D eigenvalue weighted by atomic mass is 10.1. The summed E-state index contributed by atoms with van der Waals surface area (Å²) >= 11 is 0. The molecule has 0 heterocycles. The SMILES string of the molecule is CC(Oc1cccc(CO)c1)C(=O)NC(C)c1ccccc1. The van der Waals surface area contributed by atoms with E-state index in [2.05, 4.69) is 5.32 Å². The maximum Gasteiger partial charge on any atom is 0.261 e. The average molecular weight is 299 g/mol. The molecular weight excluding hydrogens is 278 g/mol. The van der Waals surface area contributed by atoms with Crippen molar-refractivity contribution in [2.24, 2.45) is 0 Å². The second-order valence-electron chi connectivity index (χ2n) is 5.21. The molecule has 4 heteroatoms. The number of carbonyl (C=O) groups is 1. The number of amides is 1. The minimum Gasteiger partial charge on any atom is -0.481 e. The Morgan fingerprint density at radius 2 is 1.86 bits per heavy atom. The third kappa shape index (κ3) is 4.33. The summed E-state index contributed by atoms with van der Waals surface area (Å²) in [5.41, 5.74) is 1.80. The third-order valence-corrected chi connectivity index (χ3v) is 3.42. The molecule has 2 unspecified atom stereocenters. The molecule has 0 aliphatic rings. The zero-order chi connectivity index (χ0) is 15.9. The number of carbonyl (C=O) groups excluding carboxylic acids is 1. The first kappa shape index (κ1) is 16.0. The van der Waals surface area contributed by atoms with E-state index in [1.807, 2.05) is 37.3 Å². The summed E-state index contributed by atoms with van der Waals surface area (Å²) in [6.45, 7) is 3.59. The Bertz CT molecular complexity index is 613. The summed E-state index contributed by atoms with van der Waals surface area (Å²) < 4.78 is 5.63. The second kappa shape index (κ2) is 7.61. The van der Waals surface area contributed by atoms with Crippen molar-refractivity contribution in [1.82, 2.24) is 5.32 Å². The number of aliphatic hydroxyl groups is 1. The largest absolute Gasteiger partial charge is 0.481 e. The Hall–Kier alpha value is -2.33. The van der Waals surface area contributed by atoms with Crippen molar-refractivity contribution < 1.29 is 14.6 Å². The normalized spacial score (nSPS) is 13.2. The van der Waals surface area contributed by atoms with E-state index in [0.717, 1.165) is 11.1 Å². The van der Waals surface area contributed by atoms with Crippen LogP contribution in [0.3, 0.4) is 0 Å². The number of aliphatic hydroxyl groups excluding tert-OH is 1. The summed E-state index contributed by atoms with van der Waals surface area (Å²) in [4.78, 5) is 12.2. The summed E-state index contributed by atoms with van der Waals surface area (Å²) in [7, 11) is 0. The van der Waals surface area contributed by atoms with E-state index >= 15 is 0 Å². The molecule has 2 aromatic rings. The fourth-order valence-corrected chi connectivity index (χ4v) is 2.13. The lowest BCUT2D eigenvalue weighted by Gasteiger charge is -2.19. The van der Waals surface area contributed by atoms with Crippen LogP contribution in [0, 0.1) is 0 Å². The molecule has 116 valence electrons. The first-order valence-electron chi connectivity index (χ1n) is 7.32. The molecule has 0 fully saturated rings. The molecule has 0 bridgehead atoms. The van der Waals surface area contributed by atoms with Gasteiger partial charge in [0.05, 0.1) is 12.6 Å². The molecule has 2 aromatic carbocycles. The predicted molar refractivity (Wildman–Crippen MR) is 85.5 cm³/mol. The van der Waals surface area contributed by atoms with Crippen LogP contribution in [0.5, 0.6) is 5.75 Å². The molecule has 22 heavy (non-hydrogen) atoms. The number of nitrogens with one attached hydrogen (secondary N) is 1. The van der Waals surface area contributed by atoms with Gasteiger partial charge in [0.15, 0.2) is 6.10 Å². The van der Waals surface area contributed by atoms with Crippen LogP contribution < -0.4 is 10.1 Å². The Kier molecular flexibility index (Phi) is 5.55. The van der Waals surface area contributed by atoms with E-state index in [1.165, 1.54) is 0 Å². The Morgan fingerprint density at radius 3 is 2.55 bits per heavy atom. The summed E-state index contributed by atoms with van der Waals surface area (Å²) in [5.74, 6) is 0.396. The van der Waals surface area contributed by atoms with Crippen molar-refractivity contribution >= 4 is 5.91 Å². The van der Waals surface area contributed by atoms with Crippen LogP contribution in [0.15, 0.2) is 54.6 Å². The van der Waals surface area contributed by atoms with E-state index in [9.17, 15) is 4.79 Å².